The number of aliphatic hydroxyl groups excluding tert-OH is 1. The molecule has 5 nitrogen and oxygen atoms in total. The van der Waals surface area contributed by atoms with Gasteiger partial charge in [0.2, 0.25) is 0 Å². The summed E-state index contributed by atoms with van der Waals surface area (Å²) in [4.78, 5) is 24.3. The molecule has 1 atom stereocenters. The van der Waals surface area contributed by atoms with Crippen LogP contribution < -0.4 is 0 Å². The van der Waals surface area contributed by atoms with Crippen LogP contribution in [0, 0.1) is 0 Å². The summed E-state index contributed by atoms with van der Waals surface area (Å²) in [6, 6.07) is 0. The van der Waals surface area contributed by atoms with Gasteiger partial charge in [0.1, 0.15) is 6.61 Å². The second kappa shape index (κ2) is 52.6. The van der Waals surface area contributed by atoms with Crippen LogP contribution in [0.2, 0.25) is 0 Å². The smallest absolute Gasteiger partial charge is 0.306 e. The largest absolute Gasteiger partial charge is 0.462 e. The number of carbonyl (C=O) groups excluding carboxylic acids is 2. The van der Waals surface area contributed by atoms with Gasteiger partial charge < -0.3 is 14.6 Å². The van der Waals surface area contributed by atoms with Crippen LogP contribution in [0.1, 0.15) is 213 Å². The highest BCUT2D eigenvalue weighted by atomic mass is 16.6. The summed E-state index contributed by atoms with van der Waals surface area (Å²) >= 11 is 0. The number of hydrogen-bond acceptors (Lipinski definition) is 5. The minimum atomic E-state index is -0.785. The fourth-order valence-corrected chi connectivity index (χ4v) is 6.66. The Morgan fingerprint density at radius 1 is 0.381 bits per heavy atom. The molecule has 63 heavy (non-hydrogen) atoms. The van der Waals surface area contributed by atoms with Crippen LogP contribution in [0.15, 0.2) is 122 Å². The lowest BCUT2D eigenvalue weighted by Gasteiger charge is -2.15. The molecule has 0 aromatic carbocycles. The van der Waals surface area contributed by atoms with Crippen molar-refractivity contribution in [2.75, 3.05) is 13.2 Å². The van der Waals surface area contributed by atoms with Gasteiger partial charge in [0.05, 0.1) is 6.61 Å². The summed E-state index contributed by atoms with van der Waals surface area (Å²) in [5, 5.41) is 9.59. The van der Waals surface area contributed by atoms with Crippen LogP contribution in [0.4, 0.5) is 0 Å². The van der Waals surface area contributed by atoms with E-state index in [1.165, 1.54) is 77.0 Å². The lowest BCUT2D eigenvalue weighted by Crippen LogP contribution is -2.28. The Morgan fingerprint density at radius 2 is 0.683 bits per heavy atom. The minimum absolute atomic E-state index is 0.0783. The number of ether oxygens (including phenoxy) is 2. The number of carbonyl (C=O) groups is 2. The van der Waals surface area contributed by atoms with Gasteiger partial charge in [-0.15, -0.1) is 0 Å². The van der Waals surface area contributed by atoms with Gasteiger partial charge in [-0.05, 0) is 109 Å². The van der Waals surface area contributed by atoms with Gasteiger partial charge in [0.25, 0.3) is 0 Å². The van der Waals surface area contributed by atoms with Gasteiger partial charge in [0, 0.05) is 12.8 Å². The molecule has 0 aliphatic rings. The maximum Gasteiger partial charge on any atom is 0.306 e. The molecule has 356 valence electrons. The van der Waals surface area contributed by atoms with E-state index < -0.39 is 6.10 Å². The molecule has 0 aromatic rings. The van der Waals surface area contributed by atoms with Crippen LogP contribution >= 0.6 is 0 Å². The summed E-state index contributed by atoms with van der Waals surface area (Å²) in [6.07, 6.45) is 77.2. The lowest BCUT2D eigenvalue weighted by atomic mass is 10.1. The molecule has 0 saturated heterocycles. The predicted octanol–water partition coefficient (Wildman–Crippen LogP) is 17.1. The van der Waals surface area contributed by atoms with Gasteiger partial charge >= 0.3 is 11.9 Å². The van der Waals surface area contributed by atoms with Crippen LogP contribution in [0.5, 0.6) is 0 Å². The fourth-order valence-electron chi connectivity index (χ4n) is 6.66. The maximum absolute atomic E-state index is 12.2. The molecule has 0 aliphatic carbocycles. The van der Waals surface area contributed by atoms with Crippen molar-refractivity contribution in [3.05, 3.63) is 122 Å². The van der Waals surface area contributed by atoms with E-state index in [2.05, 4.69) is 135 Å². The first kappa shape index (κ1) is 59.3. The quantitative estimate of drug-likeness (QED) is 0.0375. The van der Waals surface area contributed by atoms with E-state index in [1.54, 1.807) is 0 Å². The summed E-state index contributed by atoms with van der Waals surface area (Å²) in [6.45, 7) is 3.97. The van der Waals surface area contributed by atoms with Crippen molar-refractivity contribution in [2.24, 2.45) is 0 Å². The van der Waals surface area contributed by atoms with Crippen LogP contribution in [0.25, 0.3) is 0 Å². The molecule has 0 saturated carbocycles. The predicted molar refractivity (Wildman–Crippen MR) is 274 cm³/mol. The Hall–Kier alpha value is -3.70. The Kier molecular flexibility index (Phi) is 49.6. The lowest BCUT2D eigenvalue weighted by molar-refractivity contribution is -0.161. The molecule has 0 radical (unpaired) electrons. The average molecular weight is 871 g/mol. The van der Waals surface area contributed by atoms with Crippen molar-refractivity contribution >= 4 is 11.9 Å². The van der Waals surface area contributed by atoms with Crippen molar-refractivity contribution in [2.45, 2.75) is 219 Å². The second-order valence-electron chi connectivity index (χ2n) is 16.5. The van der Waals surface area contributed by atoms with E-state index >= 15 is 0 Å². The van der Waals surface area contributed by atoms with Crippen molar-refractivity contribution < 1.29 is 24.2 Å². The highest BCUT2D eigenvalue weighted by Gasteiger charge is 2.16. The second-order valence-corrected chi connectivity index (χ2v) is 16.5. The number of aliphatic hydroxyl groups is 1. The fraction of sp³-hybridized carbons (Fsp3) is 0.621. The molecule has 0 aromatic heterocycles. The topological polar surface area (TPSA) is 72.8 Å². The highest BCUT2D eigenvalue weighted by Crippen LogP contribution is 2.13. The molecule has 0 aliphatic heterocycles. The van der Waals surface area contributed by atoms with E-state index in [0.29, 0.717) is 12.8 Å². The molecule has 0 rings (SSSR count). The zero-order valence-electron chi connectivity index (χ0n) is 40.5. The highest BCUT2D eigenvalue weighted by molar-refractivity contribution is 5.70. The number of rotatable bonds is 45. The van der Waals surface area contributed by atoms with E-state index in [-0.39, 0.29) is 25.2 Å². The monoisotopic (exact) mass is 871 g/mol. The normalized spacial score (nSPS) is 13.3. The number of esters is 2. The summed E-state index contributed by atoms with van der Waals surface area (Å²) in [5.41, 5.74) is 0. The standard InChI is InChI=1S/C58H94O5/c1-3-5-7-9-11-13-15-17-18-19-20-21-22-23-24-25-26-27-28-29-30-31-32-33-34-35-36-37-38-39-40-41-43-45-47-49-51-53-58(61)63-56(54-59)55-62-57(60)52-50-48-46-44-42-16-14-12-10-8-6-4-2/h5,7,11-14,17-18,20-21,23-24,26-27,29-30,32-33,35-36,56,59H,3-4,6,8-10,15-16,19,22,25,28,31,34,37-55H2,1-2H3/b7-5-,13-11-,14-12-,18-17-,21-20-,24-23-,27-26-,30-29-,33-32-,36-35-. The first-order valence-electron chi connectivity index (χ1n) is 25.6. The Labute approximate surface area is 388 Å². The molecular weight excluding hydrogens is 777 g/mol. The molecule has 0 amide bonds. The molecule has 0 heterocycles. The molecule has 0 fully saturated rings. The maximum atomic E-state index is 12.2. The third-order valence-electron chi connectivity index (χ3n) is 10.5. The zero-order chi connectivity index (χ0) is 45.6. The molecule has 1 unspecified atom stereocenters. The summed E-state index contributed by atoms with van der Waals surface area (Å²) in [7, 11) is 0. The van der Waals surface area contributed by atoms with E-state index in [4.69, 9.17) is 9.47 Å². The first-order chi connectivity index (χ1) is 31.1. The van der Waals surface area contributed by atoms with Gasteiger partial charge in [-0.2, -0.15) is 0 Å². The van der Waals surface area contributed by atoms with Gasteiger partial charge in [-0.3, -0.25) is 9.59 Å². The van der Waals surface area contributed by atoms with Crippen LogP contribution in [-0.2, 0) is 19.1 Å². The third-order valence-corrected chi connectivity index (χ3v) is 10.5. The van der Waals surface area contributed by atoms with E-state index in [1.807, 2.05) is 0 Å². The zero-order valence-corrected chi connectivity index (χ0v) is 40.5. The molecule has 1 N–H and O–H groups in total. The van der Waals surface area contributed by atoms with Crippen LogP contribution in [-0.4, -0.2) is 36.4 Å². The Morgan fingerprint density at radius 3 is 1.05 bits per heavy atom. The van der Waals surface area contributed by atoms with Crippen molar-refractivity contribution in [3.63, 3.8) is 0 Å². The number of allylic oxidation sites excluding steroid dienone is 20. The SMILES string of the molecule is CC/C=C\C/C=C\C/C=C\C/C=C\C/C=C\C/C=C\C/C=C\C/C=C\C/C=C\CCCCCCCCCCCC(=O)OC(CO)COC(=O)CCCCCCC/C=C\CCCCC. The first-order valence-corrected chi connectivity index (χ1v) is 25.6. The minimum Gasteiger partial charge on any atom is -0.462 e. The number of unbranched alkanes of at least 4 members (excludes halogenated alkanes) is 17. The third kappa shape index (κ3) is 50.8. The van der Waals surface area contributed by atoms with Gasteiger partial charge in [-0.1, -0.05) is 212 Å². The van der Waals surface area contributed by atoms with Crippen LogP contribution in [0.3, 0.4) is 0 Å². The van der Waals surface area contributed by atoms with Crippen molar-refractivity contribution in [1.29, 1.82) is 0 Å². The van der Waals surface area contributed by atoms with Crippen molar-refractivity contribution in [3.8, 4) is 0 Å². The molecule has 0 spiro atoms. The molecular formula is C58H94O5. The van der Waals surface area contributed by atoms with E-state index in [9.17, 15) is 14.7 Å². The number of hydrogen-bond donors (Lipinski definition) is 1. The Bertz CT molecular complexity index is 1310. The van der Waals surface area contributed by atoms with Crippen molar-refractivity contribution in [1.82, 2.24) is 0 Å². The van der Waals surface area contributed by atoms with Gasteiger partial charge in [-0.25, -0.2) is 0 Å². The summed E-state index contributed by atoms with van der Waals surface area (Å²) in [5.74, 6) is -0.616. The van der Waals surface area contributed by atoms with E-state index in [0.717, 1.165) is 109 Å². The Balaban J connectivity index is 3.60. The molecule has 0 bridgehead atoms. The summed E-state index contributed by atoms with van der Waals surface area (Å²) < 4.78 is 10.6. The van der Waals surface area contributed by atoms with Gasteiger partial charge in [0.15, 0.2) is 6.10 Å². The average Bonchev–Trinajstić information content (AvgIpc) is 3.29. The molecule has 5 heteroatoms.